The van der Waals surface area contributed by atoms with E-state index >= 15 is 0 Å². The third kappa shape index (κ3) is 5.41. The highest BCUT2D eigenvalue weighted by molar-refractivity contribution is 9.10. The Kier molecular flexibility index (Phi) is 6.84. The summed E-state index contributed by atoms with van der Waals surface area (Å²) in [6.45, 7) is 6.64. The van der Waals surface area contributed by atoms with Crippen LogP contribution in [0.5, 0.6) is 0 Å². The van der Waals surface area contributed by atoms with Crippen LogP contribution < -0.4 is 0 Å². The highest BCUT2D eigenvalue weighted by Crippen LogP contribution is 2.20. The first-order chi connectivity index (χ1) is 12.6. The Hall–Kier alpha value is -1.68. The van der Waals surface area contributed by atoms with Crippen molar-refractivity contribution < 1.29 is 0 Å². The van der Waals surface area contributed by atoms with E-state index in [0.717, 1.165) is 28.6 Å². The van der Waals surface area contributed by atoms with E-state index in [9.17, 15) is 0 Å². The third-order valence-electron chi connectivity index (χ3n) is 4.31. The summed E-state index contributed by atoms with van der Waals surface area (Å²) in [4.78, 5) is 2.47. The molecule has 0 aromatic heterocycles. The molecule has 0 fully saturated rings. The fourth-order valence-corrected chi connectivity index (χ4v) is 3.51. The maximum Gasteiger partial charge on any atom is 0.0246 e. The lowest BCUT2D eigenvalue weighted by Crippen LogP contribution is -2.22. The van der Waals surface area contributed by atoms with Gasteiger partial charge in [0.25, 0.3) is 0 Å². The molecule has 0 bridgehead atoms. The Morgan fingerprint density at radius 3 is 1.69 bits per heavy atom. The molecule has 0 N–H and O–H groups in total. The van der Waals surface area contributed by atoms with E-state index in [1.807, 2.05) is 6.08 Å². The molecular weight excluding hydrogens is 450 g/mol. The van der Waals surface area contributed by atoms with Crippen LogP contribution in [0.15, 0.2) is 88.3 Å². The zero-order chi connectivity index (χ0) is 18.4. The van der Waals surface area contributed by atoms with Crippen LogP contribution in [0.4, 0.5) is 0 Å². The molecule has 3 aromatic carbocycles. The molecule has 0 saturated carbocycles. The van der Waals surface area contributed by atoms with Crippen LogP contribution in [0, 0.1) is 0 Å². The van der Waals surface area contributed by atoms with Crippen LogP contribution in [-0.2, 0) is 19.6 Å². The number of rotatable bonds is 7. The Balaban J connectivity index is 1.83. The highest BCUT2D eigenvalue weighted by Gasteiger charge is 2.10. The zero-order valence-corrected chi connectivity index (χ0v) is 17.7. The number of hydrogen-bond donors (Lipinski definition) is 0. The highest BCUT2D eigenvalue weighted by atomic mass is 79.9. The average molecular weight is 471 g/mol. The average Bonchev–Trinajstić information content (AvgIpc) is 2.66. The van der Waals surface area contributed by atoms with E-state index in [-0.39, 0.29) is 0 Å². The number of nitrogens with zero attached hydrogens (tertiary/aromatic N) is 1. The second-order valence-electron chi connectivity index (χ2n) is 6.30. The van der Waals surface area contributed by atoms with E-state index in [2.05, 4.69) is 116 Å². The van der Waals surface area contributed by atoms with Gasteiger partial charge < -0.3 is 0 Å². The summed E-state index contributed by atoms with van der Waals surface area (Å²) < 4.78 is 2.22. The van der Waals surface area contributed by atoms with Crippen molar-refractivity contribution in [1.82, 2.24) is 4.90 Å². The van der Waals surface area contributed by atoms with Gasteiger partial charge in [-0.2, -0.15) is 0 Å². The van der Waals surface area contributed by atoms with Gasteiger partial charge in [-0.25, -0.2) is 0 Å². The van der Waals surface area contributed by atoms with E-state index in [1.54, 1.807) is 0 Å². The van der Waals surface area contributed by atoms with E-state index in [4.69, 9.17) is 0 Å². The Labute approximate surface area is 172 Å². The van der Waals surface area contributed by atoms with E-state index < -0.39 is 0 Å². The lowest BCUT2D eigenvalue weighted by Gasteiger charge is -2.24. The summed E-state index contributed by atoms with van der Waals surface area (Å²) in [7, 11) is 0. The van der Waals surface area contributed by atoms with E-state index in [0.29, 0.717) is 0 Å². The van der Waals surface area contributed by atoms with Gasteiger partial charge in [0.1, 0.15) is 0 Å². The van der Waals surface area contributed by atoms with Gasteiger partial charge >= 0.3 is 0 Å². The quantitative estimate of drug-likeness (QED) is 0.357. The van der Waals surface area contributed by atoms with Crippen molar-refractivity contribution in [2.75, 3.05) is 0 Å². The predicted molar refractivity (Wildman–Crippen MR) is 118 cm³/mol. The molecule has 0 aliphatic heterocycles. The molecule has 0 unspecified atom stereocenters. The summed E-state index contributed by atoms with van der Waals surface area (Å²) in [6.07, 6.45) is 1.94. The Morgan fingerprint density at radius 1 is 0.692 bits per heavy atom. The van der Waals surface area contributed by atoms with Gasteiger partial charge in [0.05, 0.1) is 0 Å². The molecule has 26 heavy (non-hydrogen) atoms. The Morgan fingerprint density at radius 2 is 1.19 bits per heavy atom. The molecular formula is C23H21Br2N. The van der Waals surface area contributed by atoms with Crippen molar-refractivity contribution in [3.63, 3.8) is 0 Å². The standard InChI is InChI=1S/C23H21Br2N/c1-2-20-5-3-4-6-21(20)17-26(15-18-7-11-22(24)12-8-18)16-19-9-13-23(25)14-10-19/h2-14H,1,15-17H2. The van der Waals surface area contributed by atoms with E-state index in [1.165, 1.54) is 22.3 Å². The van der Waals surface area contributed by atoms with Crippen molar-refractivity contribution in [1.29, 1.82) is 0 Å². The molecule has 0 saturated heterocycles. The van der Waals surface area contributed by atoms with Crippen molar-refractivity contribution >= 4 is 37.9 Å². The largest absolute Gasteiger partial charge is 0.291 e. The topological polar surface area (TPSA) is 3.24 Å². The summed E-state index contributed by atoms with van der Waals surface area (Å²) in [6, 6.07) is 25.6. The first-order valence-electron chi connectivity index (χ1n) is 8.55. The molecule has 132 valence electrons. The number of benzene rings is 3. The SMILES string of the molecule is C=Cc1ccccc1CN(Cc1ccc(Br)cc1)Cc1ccc(Br)cc1. The smallest absolute Gasteiger partial charge is 0.0246 e. The third-order valence-corrected chi connectivity index (χ3v) is 5.37. The first kappa shape index (κ1) is 19.1. The van der Waals surface area contributed by atoms with Gasteiger partial charge in [0.15, 0.2) is 0 Å². The normalized spacial score (nSPS) is 10.9. The fourth-order valence-electron chi connectivity index (χ4n) is 2.98. The van der Waals surface area contributed by atoms with Crippen LogP contribution in [-0.4, -0.2) is 4.90 Å². The van der Waals surface area contributed by atoms with Gasteiger partial charge in [0.2, 0.25) is 0 Å². The molecule has 0 spiro atoms. The van der Waals surface area contributed by atoms with Crippen LogP contribution >= 0.6 is 31.9 Å². The van der Waals surface area contributed by atoms with Gasteiger partial charge in [-0.15, -0.1) is 0 Å². The molecule has 0 amide bonds. The minimum Gasteiger partial charge on any atom is -0.291 e. The fraction of sp³-hybridized carbons (Fsp3) is 0.130. The van der Waals surface area contributed by atoms with Crippen LogP contribution in [0.1, 0.15) is 22.3 Å². The summed E-state index contributed by atoms with van der Waals surface area (Å²) in [5.74, 6) is 0. The number of hydrogen-bond acceptors (Lipinski definition) is 1. The summed E-state index contributed by atoms with van der Waals surface area (Å²) in [5.41, 5.74) is 5.11. The Bertz CT molecular complexity index is 807. The molecule has 3 heteroatoms. The lowest BCUT2D eigenvalue weighted by molar-refractivity contribution is 0.247. The molecule has 0 atom stereocenters. The maximum absolute atomic E-state index is 3.96. The van der Waals surface area contributed by atoms with Crippen LogP contribution in [0.25, 0.3) is 6.08 Å². The molecule has 0 radical (unpaired) electrons. The molecule has 0 aliphatic rings. The minimum atomic E-state index is 0.883. The van der Waals surface area contributed by atoms with Crippen molar-refractivity contribution in [2.45, 2.75) is 19.6 Å². The molecule has 0 heterocycles. The van der Waals surface area contributed by atoms with Crippen molar-refractivity contribution in [2.24, 2.45) is 0 Å². The van der Waals surface area contributed by atoms with Gasteiger partial charge in [-0.1, -0.05) is 93.0 Å². The summed E-state index contributed by atoms with van der Waals surface area (Å²) >= 11 is 7.03. The maximum atomic E-state index is 3.96. The molecule has 1 nitrogen and oxygen atoms in total. The zero-order valence-electron chi connectivity index (χ0n) is 14.5. The molecule has 0 aliphatic carbocycles. The second kappa shape index (κ2) is 9.31. The van der Waals surface area contributed by atoms with Gasteiger partial charge in [0, 0.05) is 28.6 Å². The predicted octanol–water partition coefficient (Wildman–Crippen LogP) is 7.06. The van der Waals surface area contributed by atoms with Gasteiger partial charge in [-0.05, 0) is 46.5 Å². The first-order valence-corrected chi connectivity index (χ1v) is 10.1. The second-order valence-corrected chi connectivity index (χ2v) is 8.13. The molecule has 3 aromatic rings. The van der Waals surface area contributed by atoms with Crippen LogP contribution in [0.3, 0.4) is 0 Å². The molecule has 3 rings (SSSR count). The minimum absolute atomic E-state index is 0.883. The number of halogens is 2. The van der Waals surface area contributed by atoms with Crippen LogP contribution in [0.2, 0.25) is 0 Å². The van der Waals surface area contributed by atoms with Crippen molar-refractivity contribution in [3.8, 4) is 0 Å². The van der Waals surface area contributed by atoms with Crippen molar-refractivity contribution in [3.05, 3.63) is 111 Å². The summed E-state index contributed by atoms with van der Waals surface area (Å²) in [5, 5.41) is 0. The lowest BCUT2D eigenvalue weighted by atomic mass is 10.1. The van der Waals surface area contributed by atoms with Gasteiger partial charge in [-0.3, -0.25) is 4.90 Å². The monoisotopic (exact) mass is 469 g/mol.